The number of hydrogen-bond donors (Lipinski definition) is 0. The van der Waals surface area contributed by atoms with E-state index in [9.17, 15) is 14.0 Å². The monoisotopic (exact) mass is 410 g/mol. The van der Waals surface area contributed by atoms with E-state index in [-0.39, 0.29) is 11.7 Å². The summed E-state index contributed by atoms with van der Waals surface area (Å²) in [4.78, 5) is 29.1. The van der Waals surface area contributed by atoms with Crippen LogP contribution in [0.15, 0.2) is 57.7 Å². The fourth-order valence-electron chi connectivity index (χ4n) is 3.75. The molecule has 6 nitrogen and oxygen atoms in total. The lowest BCUT2D eigenvalue weighted by molar-refractivity contribution is 0.0629. The molecule has 1 fully saturated rings. The first-order valence-corrected chi connectivity index (χ1v) is 10.0. The number of benzene rings is 2. The van der Waals surface area contributed by atoms with Crippen LogP contribution in [-0.2, 0) is 6.54 Å². The van der Waals surface area contributed by atoms with Gasteiger partial charge in [0.25, 0.3) is 5.91 Å². The predicted molar refractivity (Wildman–Crippen MR) is 111 cm³/mol. The van der Waals surface area contributed by atoms with Gasteiger partial charge >= 0.3 is 5.63 Å². The molecule has 1 aromatic heterocycles. The number of ether oxygens (including phenoxy) is 1. The molecular weight excluding hydrogens is 387 g/mol. The number of carbonyl (C=O) groups excluding carboxylic acids is 1. The molecule has 1 saturated heterocycles. The Labute approximate surface area is 173 Å². The van der Waals surface area contributed by atoms with Gasteiger partial charge in [0.15, 0.2) is 0 Å². The molecule has 0 bridgehead atoms. The average Bonchev–Trinajstić information content (AvgIpc) is 2.73. The quantitative estimate of drug-likeness (QED) is 0.604. The van der Waals surface area contributed by atoms with Crippen molar-refractivity contribution in [3.63, 3.8) is 0 Å². The van der Waals surface area contributed by atoms with Crippen LogP contribution in [0.5, 0.6) is 5.75 Å². The van der Waals surface area contributed by atoms with Crippen LogP contribution >= 0.6 is 0 Å². The Morgan fingerprint density at radius 3 is 2.63 bits per heavy atom. The number of rotatable bonds is 5. The Hall–Kier alpha value is -3.19. The molecule has 1 amide bonds. The summed E-state index contributed by atoms with van der Waals surface area (Å²) in [6.45, 7) is 5.42. The molecule has 156 valence electrons. The van der Waals surface area contributed by atoms with Crippen molar-refractivity contribution in [3.8, 4) is 5.75 Å². The number of hydrogen-bond acceptors (Lipinski definition) is 5. The summed E-state index contributed by atoms with van der Waals surface area (Å²) in [6.07, 6.45) is 0. The lowest BCUT2D eigenvalue weighted by Crippen LogP contribution is -2.48. The second-order valence-corrected chi connectivity index (χ2v) is 7.27. The van der Waals surface area contributed by atoms with Gasteiger partial charge in [0.2, 0.25) is 0 Å². The highest BCUT2D eigenvalue weighted by molar-refractivity contribution is 6.05. The SMILES string of the molecule is CCOc1ccc2c(C(=O)N3CCN(Cc4cccc(F)c4)CC3)cc(=O)oc2c1. The number of carbonyl (C=O) groups is 1. The molecule has 30 heavy (non-hydrogen) atoms. The van der Waals surface area contributed by atoms with E-state index < -0.39 is 5.63 Å². The molecule has 0 unspecified atom stereocenters. The molecule has 4 rings (SSSR count). The largest absolute Gasteiger partial charge is 0.494 e. The molecule has 0 radical (unpaired) electrons. The minimum Gasteiger partial charge on any atom is -0.494 e. The van der Waals surface area contributed by atoms with Gasteiger partial charge in [0.05, 0.1) is 12.2 Å². The van der Waals surface area contributed by atoms with Gasteiger partial charge < -0.3 is 14.1 Å². The van der Waals surface area contributed by atoms with Gasteiger partial charge in [0, 0.05) is 50.2 Å². The normalized spacial score (nSPS) is 14.8. The Bertz CT molecular complexity index is 1120. The van der Waals surface area contributed by atoms with Gasteiger partial charge in [-0.25, -0.2) is 9.18 Å². The second kappa shape index (κ2) is 8.67. The second-order valence-electron chi connectivity index (χ2n) is 7.27. The molecule has 0 saturated carbocycles. The van der Waals surface area contributed by atoms with Gasteiger partial charge in [-0.15, -0.1) is 0 Å². The first kappa shape index (κ1) is 20.1. The third kappa shape index (κ3) is 4.36. The van der Waals surface area contributed by atoms with Crippen LogP contribution in [0.3, 0.4) is 0 Å². The van der Waals surface area contributed by atoms with Crippen molar-refractivity contribution in [2.24, 2.45) is 0 Å². The summed E-state index contributed by atoms with van der Waals surface area (Å²) < 4.78 is 24.1. The van der Waals surface area contributed by atoms with Crippen LogP contribution in [0.1, 0.15) is 22.8 Å². The van der Waals surface area contributed by atoms with E-state index in [2.05, 4.69) is 4.90 Å². The van der Waals surface area contributed by atoms with Gasteiger partial charge in [-0.1, -0.05) is 12.1 Å². The molecule has 2 heterocycles. The van der Waals surface area contributed by atoms with Crippen LogP contribution in [-0.4, -0.2) is 48.5 Å². The molecular formula is C23H23FN2O4. The summed E-state index contributed by atoms with van der Waals surface area (Å²) in [5, 5.41) is 0.588. The first-order chi connectivity index (χ1) is 14.5. The Kier molecular flexibility index (Phi) is 5.81. The minimum atomic E-state index is -0.566. The highest BCUT2D eigenvalue weighted by Gasteiger charge is 2.24. The Morgan fingerprint density at radius 2 is 1.90 bits per heavy atom. The third-order valence-corrected chi connectivity index (χ3v) is 5.21. The maximum absolute atomic E-state index is 13.4. The number of fused-ring (bicyclic) bond motifs is 1. The molecule has 7 heteroatoms. The van der Waals surface area contributed by atoms with Gasteiger partial charge in [-0.05, 0) is 36.8 Å². The van der Waals surface area contributed by atoms with E-state index in [1.165, 1.54) is 18.2 Å². The fourth-order valence-corrected chi connectivity index (χ4v) is 3.75. The maximum Gasteiger partial charge on any atom is 0.337 e. The zero-order chi connectivity index (χ0) is 21.1. The summed E-state index contributed by atoms with van der Waals surface area (Å²) >= 11 is 0. The van der Waals surface area contributed by atoms with E-state index in [4.69, 9.17) is 9.15 Å². The van der Waals surface area contributed by atoms with Crippen LogP contribution < -0.4 is 10.4 Å². The Morgan fingerprint density at radius 1 is 1.10 bits per heavy atom. The zero-order valence-electron chi connectivity index (χ0n) is 16.8. The van der Waals surface area contributed by atoms with Crippen molar-refractivity contribution in [1.82, 2.24) is 9.80 Å². The average molecular weight is 410 g/mol. The molecule has 2 aromatic carbocycles. The number of piperazine rings is 1. The first-order valence-electron chi connectivity index (χ1n) is 10.0. The van der Waals surface area contributed by atoms with E-state index in [1.807, 2.05) is 13.0 Å². The molecule has 1 aliphatic rings. The highest BCUT2D eigenvalue weighted by Crippen LogP contribution is 2.24. The van der Waals surface area contributed by atoms with Crippen molar-refractivity contribution in [3.05, 3.63) is 75.9 Å². The van der Waals surface area contributed by atoms with E-state index in [1.54, 1.807) is 29.2 Å². The number of amides is 1. The molecule has 0 atom stereocenters. The van der Waals surface area contributed by atoms with Crippen molar-refractivity contribution in [2.45, 2.75) is 13.5 Å². The number of halogens is 1. The van der Waals surface area contributed by atoms with Gasteiger partial charge in [0.1, 0.15) is 17.1 Å². The lowest BCUT2D eigenvalue weighted by Gasteiger charge is -2.35. The molecule has 0 N–H and O–H groups in total. The predicted octanol–water partition coefficient (Wildman–Crippen LogP) is 3.29. The molecule has 0 spiro atoms. The zero-order valence-corrected chi connectivity index (χ0v) is 16.8. The maximum atomic E-state index is 13.4. The van der Waals surface area contributed by atoms with Gasteiger partial charge in [-0.3, -0.25) is 9.69 Å². The standard InChI is InChI=1S/C23H23FN2O4/c1-2-29-18-6-7-19-20(14-22(27)30-21(19)13-18)23(28)26-10-8-25(9-11-26)15-16-4-3-5-17(24)12-16/h3-7,12-14H,2,8-11,15H2,1H3. The summed E-state index contributed by atoms with van der Waals surface area (Å²) in [7, 11) is 0. The smallest absolute Gasteiger partial charge is 0.337 e. The third-order valence-electron chi connectivity index (χ3n) is 5.21. The lowest BCUT2D eigenvalue weighted by atomic mass is 10.1. The summed E-state index contributed by atoms with van der Waals surface area (Å²) in [5.74, 6) is 0.148. The molecule has 3 aromatic rings. The molecule has 0 aliphatic carbocycles. The number of nitrogens with zero attached hydrogens (tertiary/aromatic N) is 2. The fraction of sp³-hybridized carbons (Fsp3) is 0.304. The van der Waals surface area contributed by atoms with Crippen LogP contribution in [0.4, 0.5) is 4.39 Å². The van der Waals surface area contributed by atoms with E-state index in [0.717, 1.165) is 5.56 Å². The van der Waals surface area contributed by atoms with Crippen LogP contribution in [0.25, 0.3) is 11.0 Å². The van der Waals surface area contributed by atoms with Gasteiger partial charge in [-0.2, -0.15) is 0 Å². The van der Waals surface area contributed by atoms with E-state index >= 15 is 0 Å². The summed E-state index contributed by atoms with van der Waals surface area (Å²) in [5.41, 5.74) is 1.01. The van der Waals surface area contributed by atoms with Crippen LogP contribution in [0, 0.1) is 5.82 Å². The molecule has 1 aliphatic heterocycles. The van der Waals surface area contributed by atoms with Crippen molar-refractivity contribution in [1.29, 1.82) is 0 Å². The van der Waals surface area contributed by atoms with Crippen molar-refractivity contribution >= 4 is 16.9 Å². The van der Waals surface area contributed by atoms with Crippen molar-refractivity contribution < 1.29 is 18.3 Å². The summed E-state index contributed by atoms with van der Waals surface area (Å²) in [6, 6.07) is 13.0. The van der Waals surface area contributed by atoms with Crippen molar-refractivity contribution in [2.75, 3.05) is 32.8 Å². The van der Waals surface area contributed by atoms with E-state index in [0.29, 0.717) is 61.6 Å². The van der Waals surface area contributed by atoms with Crippen LogP contribution in [0.2, 0.25) is 0 Å². The topological polar surface area (TPSA) is 63.0 Å². The Balaban J connectivity index is 1.49. The highest BCUT2D eigenvalue weighted by atomic mass is 19.1. The minimum absolute atomic E-state index is 0.192.